The number of nitrogens with two attached hydrogens (primary N) is 1. The second kappa shape index (κ2) is 5.16. The first-order valence-corrected chi connectivity index (χ1v) is 7.43. The highest BCUT2D eigenvalue weighted by atomic mass is 32.2. The lowest BCUT2D eigenvalue weighted by atomic mass is 10.2. The Morgan fingerprint density at radius 3 is 2.50 bits per heavy atom. The average Bonchev–Trinajstić information content (AvgIpc) is 2.39. The van der Waals surface area contributed by atoms with Crippen LogP contribution in [0.5, 0.6) is 5.75 Å². The number of hydrogen-bond donors (Lipinski definition) is 1. The van der Waals surface area contributed by atoms with Gasteiger partial charge in [-0.15, -0.1) is 0 Å². The second-order valence-corrected chi connectivity index (χ2v) is 6.28. The van der Waals surface area contributed by atoms with E-state index in [1.54, 1.807) is 6.07 Å². The number of ether oxygens (including phenoxy) is 1. The van der Waals surface area contributed by atoms with Gasteiger partial charge in [0.15, 0.2) is 0 Å². The van der Waals surface area contributed by atoms with Crippen LogP contribution in [0, 0.1) is 0 Å². The Bertz CT molecular complexity index is 522. The van der Waals surface area contributed by atoms with Gasteiger partial charge >= 0.3 is 0 Å². The Morgan fingerprint density at radius 1 is 1.22 bits per heavy atom. The number of nitrogen functional groups attached to an aromatic ring is 1. The maximum absolute atomic E-state index is 12.5. The predicted molar refractivity (Wildman–Crippen MR) is 70.0 cm³/mol. The Morgan fingerprint density at radius 2 is 1.89 bits per heavy atom. The summed E-state index contributed by atoms with van der Waals surface area (Å²) in [7, 11) is -2.02. The van der Waals surface area contributed by atoms with Gasteiger partial charge in [-0.25, -0.2) is 8.42 Å². The van der Waals surface area contributed by atoms with Crippen LogP contribution in [0.4, 0.5) is 5.69 Å². The normalized spacial score (nSPS) is 17.6. The van der Waals surface area contributed by atoms with Gasteiger partial charge < -0.3 is 10.5 Å². The third kappa shape index (κ3) is 2.44. The van der Waals surface area contributed by atoms with E-state index in [4.69, 9.17) is 10.5 Å². The molecule has 0 unspecified atom stereocenters. The molecule has 6 heteroatoms. The van der Waals surface area contributed by atoms with Crippen molar-refractivity contribution < 1.29 is 13.2 Å². The number of piperidine rings is 1. The molecule has 1 heterocycles. The third-order valence-corrected chi connectivity index (χ3v) is 5.06. The molecule has 2 N–H and O–H groups in total. The van der Waals surface area contributed by atoms with Crippen molar-refractivity contribution in [3.63, 3.8) is 0 Å². The number of benzene rings is 1. The van der Waals surface area contributed by atoms with Crippen LogP contribution in [-0.4, -0.2) is 32.9 Å². The number of hydrogen-bond acceptors (Lipinski definition) is 4. The molecule has 1 aliphatic rings. The predicted octanol–water partition coefficient (Wildman–Crippen LogP) is 1.45. The summed E-state index contributed by atoms with van der Waals surface area (Å²) >= 11 is 0. The van der Waals surface area contributed by atoms with Crippen LogP contribution in [0.3, 0.4) is 0 Å². The summed E-state index contributed by atoms with van der Waals surface area (Å²) in [6.07, 6.45) is 2.91. The van der Waals surface area contributed by atoms with Crippen molar-refractivity contribution in [1.82, 2.24) is 4.31 Å². The number of anilines is 1. The summed E-state index contributed by atoms with van der Waals surface area (Å²) in [5.41, 5.74) is 6.13. The summed E-state index contributed by atoms with van der Waals surface area (Å²) in [6.45, 7) is 1.16. The van der Waals surface area contributed by atoms with Crippen LogP contribution in [0.25, 0.3) is 0 Å². The molecule has 1 aromatic carbocycles. The van der Waals surface area contributed by atoms with Crippen LogP contribution < -0.4 is 10.5 Å². The summed E-state index contributed by atoms with van der Waals surface area (Å²) in [5, 5.41) is 0. The van der Waals surface area contributed by atoms with E-state index < -0.39 is 10.0 Å². The minimum Gasteiger partial charge on any atom is -0.495 e. The van der Waals surface area contributed by atoms with Gasteiger partial charge in [-0.1, -0.05) is 6.42 Å². The fraction of sp³-hybridized carbons (Fsp3) is 0.500. The molecule has 1 aliphatic heterocycles. The Labute approximate surface area is 108 Å². The van der Waals surface area contributed by atoms with E-state index in [0.29, 0.717) is 24.5 Å². The SMILES string of the molecule is COc1cc(N)ccc1S(=O)(=O)N1CCCCC1. The lowest BCUT2D eigenvalue weighted by molar-refractivity contribution is 0.343. The fourth-order valence-electron chi connectivity index (χ4n) is 2.14. The fourth-order valence-corrected chi connectivity index (χ4v) is 3.80. The monoisotopic (exact) mass is 270 g/mol. The van der Waals surface area contributed by atoms with Gasteiger partial charge in [-0.3, -0.25) is 0 Å². The molecule has 0 aromatic heterocycles. The van der Waals surface area contributed by atoms with Crippen molar-refractivity contribution >= 4 is 15.7 Å². The van der Waals surface area contributed by atoms with E-state index in [1.807, 2.05) is 0 Å². The van der Waals surface area contributed by atoms with Crippen molar-refractivity contribution in [2.24, 2.45) is 0 Å². The second-order valence-electron chi connectivity index (χ2n) is 4.38. The van der Waals surface area contributed by atoms with Gasteiger partial charge in [0.25, 0.3) is 0 Å². The molecule has 1 aromatic rings. The van der Waals surface area contributed by atoms with Crippen molar-refractivity contribution in [3.05, 3.63) is 18.2 Å². The standard InChI is InChI=1S/C12H18N2O3S/c1-17-11-9-10(13)5-6-12(11)18(15,16)14-7-3-2-4-8-14/h5-6,9H,2-4,7-8,13H2,1H3. The summed E-state index contributed by atoms with van der Waals surface area (Å²) < 4.78 is 31.6. The Hall–Kier alpha value is -1.27. The molecule has 0 atom stereocenters. The minimum absolute atomic E-state index is 0.195. The maximum Gasteiger partial charge on any atom is 0.246 e. The van der Waals surface area contributed by atoms with E-state index in [1.165, 1.54) is 23.5 Å². The molecule has 100 valence electrons. The average molecular weight is 270 g/mol. The highest BCUT2D eigenvalue weighted by Crippen LogP contribution is 2.29. The van der Waals surface area contributed by atoms with Gasteiger partial charge in [0.1, 0.15) is 10.6 Å². The lowest BCUT2D eigenvalue weighted by Gasteiger charge is -2.26. The zero-order valence-electron chi connectivity index (χ0n) is 10.4. The Kier molecular flexibility index (Phi) is 3.77. The van der Waals surface area contributed by atoms with Crippen molar-refractivity contribution in [1.29, 1.82) is 0 Å². The third-order valence-electron chi connectivity index (χ3n) is 3.12. The van der Waals surface area contributed by atoms with Crippen LogP contribution >= 0.6 is 0 Å². The topological polar surface area (TPSA) is 72.6 Å². The minimum atomic E-state index is -3.47. The number of sulfonamides is 1. The first-order valence-electron chi connectivity index (χ1n) is 5.99. The molecule has 2 rings (SSSR count). The summed E-state index contributed by atoms with van der Waals surface area (Å²) in [6, 6.07) is 4.63. The first kappa shape index (κ1) is 13.2. The van der Waals surface area contributed by atoms with E-state index in [9.17, 15) is 8.42 Å². The van der Waals surface area contributed by atoms with Crippen molar-refractivity contribution in [2.75, 3.05) is 25.9 Å². The molecule has 5 nitrogen and oxygen atoms in total. The van der Waals surface area contributed by atoms with Gasteiger partial charge in [-0.05, 0) is 25.0 Å². The van der Waals surface area contributed by atoms with Crippen molar-refractivity contribution in [2.45, 2.75) is 24.2 Å². The molecule has 18 heavy (non-hydrogen) atoms. The van der Waals surface area contributed by atoms with Crippen LogP contribution in [0.1, 0.15) is 19.3 Å². The smallest absolute Gasteiger partial charge is 0.246 e. The van der Waals surface area contributed by atoms with E-state index >= 15 is 0 Å². The molecule has 1 fully saturated rings. The van der Waals surface area contributed by atoms with Crippen molar-refractivity contribution in [3.8, 4) is 5.75 Å². The quantitative estimate of drug-likeness (QED) is 0.844. The number of methoxy groups -OCH3 is 1. The van der Waals surface area contributed by atoms with E-state index in [2.05, 4.69) is 0 Å². The highest BCUT2D eigenvalue weighted by molar-refractivity contribution is 7.89. The van der Waals surface area contributed by atoms with Gasteiger partial charge in [0.2, 0.25) is 10.0 Å². The largest absolute Gasteiger partial charge is 0.495 e. The molecule has 0 aliphatic carbocycles. The lowest BCUT2D eigenvalue weighted by Crippen LogP contribution is -2.35. The zero-order valence-corrected chi connectivity index (χ0v) is 11.2. The van der Waals surface area contributed by atoms with Gasteiger partial charge in [0, 0.05) is 24.8 Å². The molecular weight excluding hydrogens is 252 g/mol. The molecule has 0 spiro atoms. The summed E-state index contributed by atoms with van der Waals surface area (Å²) in [5.74, 6) is 0.306. The van der Waals surface area contributed by atoms with E-state index in [-0.39, 0.29) is 4.90 Å². The first-order chi connectivity index (χ1) is 8.55. The van der Waals surface area contributed by atoms with Gasteiger partial charge in [0.05, 0.1) is 7.11 Å². The van der Waals surface area contributed by atoms with Crippen LogP contribution in [-0.2, 0) is 10.0 Å². The molecule has 0 saturated carbocycles. The number of nitrogens with zero attached hydrogens (tertiary/aromatic N) is 1. The summed E-state index contributed by atoms with van der Waals surface area (Å²) in [4.78, 5) is 0.195. The molecule has 0 radical (unpaired) electrons. The molecule has 0 amide bonds. The number of rotatable bonds is 3. The van der Waals surface area contributed by atoms with Gasteiger partial charge in [-0.2, -0.15) is 4.31 Å². The molecular formula is C12H18N2O3S. The van der Waals surface area contributed by atoms with Crippen LogP contribution in [0.2, 0.25) is 0 Å². The molecule has 0 bridgehead atoms. The molecule has 1 saturated heterocycles. The maximum atomic E-state index is 12.5. The van der Waals surface area contributed by atoms with Crippen LogP contribution in [0.15, 0.2) is 23.1 Å². The highest BCUT2D eigenvalue weighted by Gasteiger charge is 2.28. The Balaban J connectivity index is 2.40. The van der Waals surface area contributed by atoms with E-state index in [0.717, 1.165) is 19.3 Å². The zero-order chi connectivity index (χ0) is 13.2.